The third-order valence-corrected chi connectivity index (χ3v) is 3.33. The van der Waals surface area contributed by atoms with Gasteiger partial charge in [-0.1, -0.05) is 26.2 Å². The zero-order valence-corrected chi connectivity index (χ0v) is 13.9. The molecule has 0 radical (unpaired) electrons. The highest BCUT2D eigenvalue weighted by Crippen LogP contribution is 2.12. The molecule has 0 bridgehead atoms. The Kier molecular flexibility index (Phi) is 10.9. The van der Waals surface area contributed by atoms with Crippen LogP contribution >= 0.6 is 0 Å². The standard InChI is InChI=1S/C15H27NO6/c1-5-6-7-8-9-16(15(19)22-4)11-12(14(18)21-3)10-13(17)20-2/h12H,5-11H2,1-4H3. The maximum absolute atomic E-state index is 11.8. The molecular formula is C15H27NO6. The van der Waals surface area contributed by atoms with Crippen molar-refractivity contribution >= 4 is 18.0 Å². The van der Waals surface area contributed by atoms with Gasteiger partial charge in [0.25, 0.3) is 0 Å². The highest BCUT2D eigenvalue weighted by molar-refractivity contribution is 5.80. The van der Waals surface area contributed by atoms with Crippen LogP contribution in [-0.2, 0) is 23.8 Å². The third kappa shape index (κ3) is 7.85. The predicted molar refractivity (Wildman–Crippen MR) is 80.3 cm³/mol. The lowest BCUT2D eigenvalue weighted by Crippen LogP contribution is -2.39. The van der Waals surface area contributed by atoms with E-state index in [9.17, 15) is 14.4 Å². The second-order valence-electron chi connectivity index (χ2n) is 4.98. The summed E-state index contributed by atoms with van der Waals surface area (Å²) in [6.45, 7) is 2.64. The average molecular weight is 317 g/mol. The minimum atomic E-state index is -0.761. The van der Waals surface area contributed by atoms with E-state index >= 15 is 0 Å². The summed E-state index contributed by atoms with van der Waals surface area (Å²) in [5, 5.41) is 0. The minimum absolute atomic E-state index is 0.0700. The summed E-state index contributed by atoms with van der Waals surface area (Å²) in [6, 6.07) is 0. The van der Waals surface area contributed by atoms with Crippen molar-refractivity contribution in [2.75, 3.05) is 34.4 Å². The van der Waals surface area contributed by atoms with E-state index in [1.54, 1.807) is 0 Å². The first-order chi connectivity index (χ1) is 10.5. The Morgan fingerprint density at radius 1 is 0.955 bits per heavy atom. The van der Waals surface area contributed by atoms with Crippen molar-refractivity contribution in [3.63, 3.8) is 0 Å². The number of carbonyl (C=O) groups excluding carboxylic acids is 3. The summed E-state index contributed by atoms with van der Waals surface area (Å²) < 4.78 is 14.0. The van der Waals surface area contributed by atoms with Gasteiger partial charge < -0.3 is 19.1 Å². The van der Waals surface area contributed by atoms with Crippen LogP contribution < -0.4 is 0 Å². The quantitative estimate of drug-likeness (QED) is 0.348. The van der Waals surface area contributed by atoms with Gasteiger partial charge in [-0.3, -0.25) is 9.59 Å². The third-order valence-electron chi connectivity index (χ3n) is 3.33. The number of esters is 2. The molecule has 1 amide bonds. The van der Waals surface area contributed by atoms with E-state index in [0.717, 1.165) is 25.7 Å². The fraction of sp³-hybridized carbons (Fsp3) is 0.800. The minimum Gasteiger partial charge on any atom is -0.469 e. The van der Waals surface area contributed by atoms with Crippen molar-refractivity contribution in [1.29, 1.82) is 0 Å². The number of amides is 1. The van der Waals surface area contributed by atoms with Gasteiger partial charge in [0.15, 0.2) is 0 Å². The summed E-state index contributed by atoms with van der Waals surface area (Å²) >= 11 is 0. The first-order valence-electron chi connectivity index (χ1n) is 7.47. The van der Waals surface area contributed by atoms with E-state index in [-0.39, 0.29) is 13.0 Å². The number of hydrogen-bond donors (Lipinski definition) is 0. The van der Waals surface area contributed by atoms with Crippen molar-refractivity contribution in [3.05, 3.63) is 0 Å². The Balaban J connectivity index is 4.75. The highest BCUT2D eigenvalue weighted by atomic mass is 16.5. The number of ether oxygens (including phenoxy) is 3. The molecule has 7 nitrogen and oxygen atoms in total. The van der Waals surface area contributed by atoms with Crippen molar-refractivity contribution in [2.45, 2.75) is 39.0 Å². The lowest BCUT2D eigenvalue weighted by atomic mass is 10.0. The average Bonchev–Trinajstić information content (AvgIpc) is 2.54. The number of unbranched alkanes of at least 4 members (excludes halogenated alkanes) is 3. The van der Waals surface area contributed by atoms with Crippen LogP contribution in [0.25, 0.3) is 0 Å². The first kappa shape index (κ1) is 20.2. The molecule has 0 saturated carbocycles. The molecule has 0 fully saturated rings. The molecule has 0 heterocycles. The summed E-state index contributed by atoms with van der Waals surface area (Å²) in [5.41, 5.74) is 0. The van der Waals surface area contributed by atoms with E-state index in [1.165, 1.54) is 26.2 Å². The number of rotatable bonds is 10. The molecule has 0 aromatic heterocycles. The molecule has 7 heteroatoms. The predicted octanol–water partition coefficient (Wildman–Crippen LogP) is 1.99. The van der Waals surface area contributed by atoms with Crippen molar-refractivity contribution in [3.8, 4) is 0 Å². The van der Waals surface area contributed by atoms with Crippen LogP contribution in [0, 0.1) is 5.92 Å². The molecular weight excluding hydrogens is 290 g/mol. The molecule has 1 atom stereocenters. The lowest BCUT2D eigenvalue weighted by Gasteiger charge is -2.25. The maximum Gasteiger partial charge on any atom is 0.409 e. The zero-order chi connectivity index (χ0) is 17.0. The summed E-state index contributed by atoms with van der Waals surface area (Å²) in [4.78, 5) is 36.4. The van der Waals surface area contributed by atoms with Gasteiger partial charge in [-0.25, -0.2) is 4.79 Å². The van der Waals surface area contributed by atoms with Crippen LogP contribution in [0.5, 0.6) is 0 Å². The van der Waals surface area contributed by atoms with E-state index in [0.29, 0.717) is 6.54 Å². The normalized spacial score (nSPS) is 11.5. The topological polar surface area (TPSA) is 82.1 Å². The highest BCUT2D eigenvalue weighted by Gasteiger charge is 2.28. The van der Waals surface area contributed by atoms with Gasteiger partial charge in [-0.2, -0.15) is 0 Å². The molecule has 0 aromatic carbocycles. The molecule has 0 aromatic rings. The second-order valence-corrected chi connectivity index (χ2v) is 4.98. The SMILES string of the molecule is CCCCCCN(CC(CC(=O)OC)C(=O)OC)C(=O)OC. The Morgan fingerprint density at radius 2 is 1.64 bits per heavy atom. The fourth-order valence-corrected chi connectivity index (χ4v) is 2.06. The van der Waals surface area contributed by atoms with Crippen LogP contribution in [0.2, 0.25) is 0 Å². The smallest absolute Gasteiger partial charge is 0.409 e. The van der Waals surface area contributed by atoms with Crippen LogP contribution in [0.3, 0.4) is 0 Å². The van der Waals surface area contributed by atoms with Crippen molar-refractivity contribution < 1.29 is 28.6 Å². The molecule has 0 N–H and O–H groups in total. The van der Waals surface area contributed by atoms with E-state index < -0.39 is 23.9 Å². The molecule has 0 spiro atoms. The molecule has 1 unspecified atom stereocenters. The first-order valence-corrected chi connectivity index (χ1v) is 7.47. The Bertz CT molecular complexity index is 358. The largest absolute Gasteiger partial charge is 0.469 e. The number of methoxy groups -OCH3 is 3. The van der Waals surface area contributed by atoms with Crippen molar-refractivity contribution in [1.82, 2.24) is 4.90 Å². The summed E-state index contributed by atoms with van der Waals surface area (Å²) in [5.74, 6) is -1.83. The van der Waals surface area contributed by atoms with E-state index in [1.807, 2.05) is 0 Å². The lowest BCUT2D eigenvalue weighted by molar-refractivity contribution is -0.152. The van der Waals surface area contributed by atoms with Crippen LogP contribution in [0.4, 0.5) is 4.79 Å². The van der Waals surface area contributed by atoms with Crippen LogP contribution in [0.15, 0.2) is 0 Å². The molecule has 0 aliphatic rings. The molecule has 0 rings (SSSR count). The second kappa shape index (κ2) is 11.8. The Hall–Kier alpha value is -1.79. The number of carbonyl (C=O) groups is 3. The fourth-order valence-electron chi connectivity index (χ4n) is 2.06. The van der Waals surface area contributed by atoms with Gasteiger partial charge in [-0.05, 0) is 6.42 Å². The number of nitrogens with zero attached hydrogens (tertiary/aromatic N) is 1. The number of hydrogen-bond acceptors (Lipinski definition) is 6. The van der Waals surface area contributed by atoms with Crippen LogP contribution in [0.1, 0.15) is 39.0 Å². The van der Waals surface area contributed by atoms with E-state index in [4.69, 9.17) is 4.74 Å². The Morgan fingerprint density at radius 3 is 2.14 bits per heavy atom. The molecule has 0 aliphatic heterocycles. The van der Waals surface area contributed by atoms with Gasteiger partial charge in [-0.15, -0.1) is 0 Å². The monoisotopic (exact) mass is 317 g/mol. The molecule has 0 aliphatic carbocycles. The maximum atomic E-state index is 11.8. The van der Waals surface area contributed by atoms with Gasteiger partial charge in [0.1, 0.15) is 0 Å². The summed E-state index contributed by atoms with van der Waals surface area (Å²) in [6.07, 6.45) is 3.32. The van der Waals surface area contributed by atoms with Gasteiger partial charge >= 0.3 is 18.0 Å². The van der Waals surface area contributed by atoms with Crippen LogP contribution in [-0.4, -0.2) is 57.4 Å². The zero-order valence-electron chi connectivity index (χ0n) is 13.9. The Labute approximate surface area is 131 Å². The summed E-state index contributed by atoms with van der Waals surface area (Å²) in [7, 11) is 3.78. The van der Waals surface area contributed by atoms with Gasteiger partial charge in [0.05, 0.1) is 33.7 Å². The van der Waals surface area contributed by atoms with Crippen molar-refractivity contribution in [2.24, 2.45) is 5.92 Å². The van der Waals surface area contributed by atoms with E-state index in [2.05, 4.69) is 16.4 Å². The molecule has 0 saturated heterocycles. The molecule has 128 valence electrons. The molecule has 22 heavy (non-hydrogen) atoms. The van der Waals surface area contributed by atoms with Gasteiger partial charge in [0.2, 0.25) is 0 Å². The van der Waals surface area contributed by atoms with Gasteiger partial charge in [0, 0.05) is 13.1 Å².